The van der Waals surface area contributed by atoms with Crippen LogP contribution in [0.4, 0.5) is 4.79 Å². The summed E-state index contributed by atoms with van der Waals surface area (Å²) in [6.45, 7) is 12.2. The van der Waals surface area contributed by atoms with Crippen LogP contribution in [-0.2, 0) is 4.74 Å². The highest BCUT2D eigenvalue weighted by Crippen LogP contribution is 2.14. The van der Waals surface area contributed by atoms with Crippen LogP contribution in [-0.4, -0.2) is 28.4 Å². The Hall–Kier alpha value is -1.03. The fourth-order valence-corrected chi connectivity index (χ4v) is 1.14. The quantitative estimate of drug-likeness (QED) is 0.727. The van der Waals surface area contributed by atoms with Gasteiger partial charge in [0.15, 0.2) is 0 Å². The average Bonchev–Trinajstić information content (AvgIpc) is 1.97. The topological polar surface area (TPSA) is 58.6 Å². The molecule has 16 heavy (non-hydrogen) atoms. The second kappa shape index (κ2) is 5.34. The van der Waals surface area contributed by atoms with Gasteiger partial charge in [-0.25, -0.2) is 4.79 Å². The smallest absolute Gasteiger partial charge is 0.407 e. The molecule has 2 N–H and O–H groups in total. The largest absolute Gasteiger partial charge is 0.444 e. The monoisotopic (exact) mass is 229 g/mol. The number of rotatable bonds is 4. The molecule has 1 amide bonds. The average molecular weight is 229 g/mol. The molecule has 0 aromatic carbocycles. The Morgan fingerprint density at radius 3 is 2.25 bits per heavy atom. The predicted octanol–water partition coefficient (Wildman–Crippen LogP) is 2.23. The first-order valence-electron chi connectivity index (χ1n) is 5.39. The van der Waals surface area contributed by atoms with Gasteiger partial charge in [0.2, 0.25) is 0 Å². The Morgan fingerprint density at radius 2 is 1.94 bits per heavy atom. The van der Waals surface area contributed by atoms with Gasteiger partial charge in [-0.3, -0.25) is 0 Å². The van der Waals surface area contributed by atoms with E-state index in [0.29, 0.717) is 6.42 Å². The van der Waals surface area contributed by atoms with Crippen molar-refractivity contribution in [3.05, 3.63) is 12.7 Å². The van der Waals surface area contributed by atoms with Gasteiger partial charge in [-0.2, -0.15) is 0 Å². The van der Waals surface area contributed by atoms with Gasteiger partial charge >= 0.3 is 6.09 Å². The van der Waals surface area contributed by atoms with E-state index in [1.54, 1.807) is 40.7 Å². The molecule has 0 saturated carbocycles. The van der Waals surface area contributed by atoms with Crippen LogP contribution in [0.2, 0.25) is 0 Å². The van der Waals surface area contributed by atoms with E-state index in [1.165, 1.54) is 0 Å². The summed E-state index contributed by atoms with van der Waals surface area (Å²) < 4.78 is 5.11. The minimum atomic E-state index is -1.01. The Bertz CT molecular complexity index is 248. The zero-order valence-electron chi connectivity index (χ0n) is 10.8. The highest BCUT2D eigenvalue weighted by Gasteiger charge is 2.28. The summed E-state index contributed by atoms with van der Waals surface area (Å²) in [5.41, 5.74) is -1.55. The molecule has 4 nitrogen and oxygen atoms in total. The molecule has 0 aromatic rings. The summed E-state index contributed by atoms with van der Waals surface area (Å²) in [7, 11) is 0. The maximum Gasteiger partial charge on any atom is 0.407 e. The number of hydrogen-bond acceptors (Lipinski definition) is 3. The van der Waals surface area contributed by atoms with E-state index in [1.807, 2.05) is 0 Å². The molecule has 0 unspecified atom stereocenters. The molecule has 94 valence electrons. The Labute approximate surface area is 97.7 Å². The number of amides is 1. The van der Waals surface area contributed by atoms with Crippen molar-refractivity contribution in [2.24, 2.45) is 0 Å². The van der Waals surface area contributed by atoms with Crippen LogP contribution < -0.4 is 5.32 Å². The molecule has 0 radical (unpaired) electrons. The van der Waals surface area contributed by atoms with Gasteiger partial charge in [0.1, 0.15) is 5.60 Å². The number of carbonyl (C=O) groups is 1. The third-order valence-corrected chi connectivity index (χ3v) is 1.95. The fourth-order valence-electron chi connectivity index (χ4n) is 1.14. The Morgan fingerprint density at radius 1 is 1.44 bits per heavy atom. The molecule has 0 aliphatic heterocycles. The number of nitrogens with one attached hydrogen (secondary N) is 1. The van der Waals surface area contributed by atoms with Gasteiger partial charge in [-0.1, -0.05) is 6.08 Å². The molecule has 0 bridgehead atoms. The molecule has 0 heterocycles. The Kier molecular flexibility index (Phi) is 5.00. The summed E-state index contributed by atoms with van der Waals surface area (Å²) >= 11 is 0. The van der Waals surface area contributed by atoms with Gasteiger partial charge in [-0.05, 0) is 41.0 Å². The highest BCUT2D eigenvalue weighted by atomic mass is 16.6. The van der Waals surface area contributed by atoms with Crippen molar-refractivity contribution in [3.63, 3.8) is 0 Å². The molecule has 1 atom stereocenters. The van der Waals surface area contributed by atoms with Crippen molar-refractivity contribution in [1.29, 1.82) is 0 Å². The molecule has 0 spiro atoms. The van der Waals surface area contributed by atoms with Gasteiger partial charge in [0.25, 0.3) is 0 Å². The molecule has 0 aliphatic rings. The van der Waals surface area contributed by atoms with E-state index >= 15 is 0 Å². The van der Waals surface area contributed by atoms with E-state index in [0.717, 1.165) is 0 Å². The van der Waals surface area contributed by atoms with Crippen molar-refractivity contribution in [3.8, 4) is 0 Å². The second-order valence-corrected chi connectivity index (χ2v) is 5.38. The third kappa shape index (κ3) is 6.45. The molecule has 0 aliphatic carbocycles. The molecular weight excluding hydrogens is 206 g/mol. The van der Waals surface area contributed by atoms with Crippen molar-refractivity contribution in [2.75, 3.05) is 0 Å². The first-order chi connectivity index (χ1) is 7.06. The summed E-state index contributed by atoms with van der Waals surface area (Å²) in [6.07, 6.45) is 1.62. The lowest BCUT2D eigenvalue weighted by Gasteiger charge is -2.30. The van der Waals surface area contributed by atoms with Crippen molar-refractivity contribution >= 4 is 6.09 Å². The van der Waals surface area contributed by atoms with Crippen molar-refractivity contribution in [1.82, 2.24) is 5.32 Å². The standard InChI is InChI=1S/C12H23NO3/c1-7-8-9(12(5,6)15)13-10(14)16-11(2,3)4/h7,9,15H,1,8H2,2-6H3,(H,13,14)/t9-/m1/s1. The van der Waals surface area contributed by atoms with E-state index in [4.69, 9.17) is 4.74 Å². The number of ether oxygens (including phenoxy) is 1. The first kappa shape index (κ1) is 15.0. The van der Waals surface area contributed by atoms with E-state index < -0.39 is 23.3 Å². The van der Waals surface area contributed by atoms with Crippen LogP contribution in [0.5, 0.6) is 0 Å². The van der Waals surface area contributed by atoms with Crippen molar-refractivity contribution in [2.45, 2.75) is 58.3 Å². The van der Waals surface area contributed by atoms with Crippen LogP contribution in [0.1, 0.15) is 41.0 Å². The highest BCUT2D eigenvalue weighted by molar-refractivity contribution is 5.68. The predicted molar refractivity (Wildman–Crippen MR) is 64.3 cm³/mol. The zero-order valence-corrected chi connectivity index (χ0v) is 10.8. The van der Waals surface area contributed by atoms with Crippen LogP contribution in [0, 0.1) is 0 Å². The lowest BCUT2D eigenvalue weighted by molar-refractivity contribution is 0.0177. The van der Waals surface area contributed by atoms with Gasteiger partial charge in [0, 0.05) is 0 Å². The molecule has 0 fully saturated rings. The number of aliphatic hydroxyl groups is 1. The minimum absolute atomic E-state index is 0.403. The van der Waals surface area contributed by atoms with Gasteiger partial charge in [0.05, 0.1) is 11.6 Å². The summed E-state index contributed by atoms with van der Waals surface area (Å²) in [4.78, 5) is 11.5. The van der Waals surface area contributed by atoms with Crippen LogP contribution in [0.25, 0.3) is 0 Å². The Balaban J connectivity index is 4.42. The maximum absolute atomic E-state index is 11.5. The maximum atomic E-state index is 11.5. The van der Waals surface area contributed by atoms with Crippen LogP contribution >= 0.6 is 0 Å². The van der Waals surface area contributed by atoms with E-state index in [2.05, 4.69) is 11.9 Å². The molecular formula is C12H23NO3. The van der Waals surface area contributed by atoms with Gasteiger partial charge < -0.3 is 15.2 Å². The summed E-state index contributed by atoms with van der Waals surface area (Å²) in [5.74, 6) is 0. The SMILES string of the molecule is C=CC[C@@H](NC(=O)OC(C)(C)C)C(C)(C)O. The lowest BCUT2D eigenvalue weighted by atomic mass is 9.96. The molecule has 0 rings (SSSR count). The molecule has 0 saturated heterocycles. The molecule has 0 aromatic heterocycles. The summed E-state index contributed by atoms with van der Waals surface area (Å²) in [6, 6.07) is -0.403. The minimum Gasteiger partial charge on any atom is -0.444 e. The van der Waals surface area contributed by atoms with E-state index in [9.17, 15) is 9.90 Å². The van der Waals surface area contributed by atoms with Crippen LogP contribution in [0.3, 0.4) is 0 Å². The number of alkyl carbamates (subject to hydrolysis) is 1. The summed E-state index contributed by atoms with van der Waals surface area (Å²) in [5, 5.41) is 12.5. The first-order valence-corrected chi connectivity index (χ1v) is 5.39. The van der Waals surface area contributed by atoms with Gasteiger partial charge in [-0.15, -0.1) is 6.58 Å². The fraction of sp³-hybridized carbons (Fsp3) is 0.750. The number of carbonyl (C=O) groups excluding carboxylic acids is 1. The lowest BCUT2D eigenvalue weighted by Crippen LogP contribution is -2.50. The second-order valence-electron chi connectivity index (χ2n) is 5.38. The molecule has 4 heteroatoms. The third-order valence-electron chi connectivity index (χ3n) is 1.95. The number of hydrogen-bond donors (Lipinski definition) is 2. The zero-order chi connectivity index (χ0) is 13.0. The van der Waals surface area contributed by atoms with E-state index in [-0.39, 0.29) is 0 Å². The van der Waals surface area contributed by atoms with Crippen molar-refractivity contribution < 1.29 is 14.6 Å². The van der Waals surface area contributed by atoms with Crippen LogP contribution in [0.15, 0.2) is 12.7 Å². The normalized spacial score (nSPS) is 14.1.